The van der Waals surface area contributed by atoms with E-state index in [0.29, 0.717) is 0 Å². The Bertz CT molecular complexity index is 7400. The molecule has 6 nitrogen and oxygen atoms in total. The Kier molecular flexibility index (Phi) is 14.7. The minimum absolute atomic E-state index is 0.840. The van der Waals surface area contributed by atoms with Gasteiger partial charge in [0.05, 0.1) is 33.1 Å². The lowest BCUT2D eigenvalue weighted by atomic mass is 9.89. The Morgan fingerprint density at radius 1 is 0.213 bits per heavy atom. The summed E-state index contributed by atoms with van der Waals surface area (Å²) in [6.45, 7) is 0. The van der Waals surface area contributed by atoms with Gasteiger partial charge in [0.2, 0.25) is 0 Å². The number of fused-ring (bicyclic) bond motifs is 17. The third-order valence-corrected chi connectivity index (χ3v) is 28.4. The van der Waals surface area contributed by atoms with Gasteiger partial charge in [0.1, 0.15) is 11.3 Å². The summed E-state index contributed by atoms with van der Waals surface area (Å²) in [5.74, 6) is 0. The number of rotatable bonds is 10. The molecule has 0 saturated heterocycles. The minimum atomic E-state index is -3.19. The van der Waals surface area contributed by atoms with Crippen molar-refractivity contribution >= 4 is 166 Å². The highest BCUT2D eigenvalue weighted by Crippen LogP contribution is 2.49. The zero-order chi connectivity index (χ0) is 71.6. The Morgan fingerprint density at radius 3 is 1.16 bits per heavy atom. The van der Waals surface area contributed by atoms with E-state index >= 15 is 4.57 Å². The van der Waals surface area contributed by atoms with Gasteiger partial charge in [-0.25, -0.2) is 9.97 Å². The molecular formula is C100H64N4O2P2. The SMILES string of the molecule is O=P(c1ccccc1)(c1ccccc1)c1ccc2cc(-c3cccc(-c4ccc5c(c4)c4ccccc4c4nc6ccccc6n54)c3)ccc2c1.O=P(c1ccccc1)(c1ccccc1)c1ccc2ccc3c(-c4ccc(-c5ccc6c(c5)c5ccccc5c5nc7ccccc7n65)cc4)ccc4ccc1c2c43. The minimum Gasteiger partial charge on any atom is -0.309 e. The maximum atomic E-state index is 15.6. The van der Waals surface area contributed by atoms with Crippen molar-refractivity contribution in [3.8, 4) is 44.5 Å². The molecule has 0 fully saturated rings. The van der Waals surface area contributed by atoms with Crippen LogP contribution in [-0.2, 0) is 9.13 Å². The highest BCUT2D eigenvalue weighted by molar-refractivity contribution is 7.86. The van der Waals surface area contributed by atoms with Gasteiger partial charge in [-0.2, -0.15) is 0 Å². The predicted molar refractivity (Wildman–Crippen MR) is 457 cm³/mol. The van der Waals surface area contributed by atoms with Gasteiger partial charge < -0.3 is 9.13 Å². The summed E-state index contributed by atoms with van der Waals surface area (Å²) in [5, 5.41) is 21.3. The lowest BCUT2D eigenvalue weighted by Gasteiger charge is -2.23. The van der Waals surface area contributed by atoms with E-state index in [1.807, 2.05) is 133 Å². The van der Waals surface area contributed by atoms with Crippen LogP contribution in [0.1, 0.15) is 0 Å². The van der Waals surface area contributed by atoms with Crippen LogP contribution < -0.4 is 31.8 Å². The third-order valence-electron chi connectivity index (χ3n) is 22.2. The van der Waals surface area contributed by atoms with Gasteiger partial charge in [-0.05, 0) is 171 Å². The standard InChI is InChI=1S/C53H33N2OP.C47H31N2OP/c56-57(39-11-3-1-4-12-39,40-13-5-2-6-14-40)50-32-27-37-24-29-43-41(28-23-36-25-30-45(50)52(37)51(36)43)35-21-19-34(20-22-35)38-26-31-48-46(33-38)42-15-7-8-16-44(42)53-54-47-17-9-10-18-49(47)55(48)53;50-51(38-14-3-1-4-15-38,39-16-5-2-6-17-39)40-26-24-35-29-34(22-23-36(35)30-40)32-12-11-13-33(28-32)37-25-27-45-43(31-37)41-18-7-8-19-42(41)47-48-44-20-9-10-21-46(44)49(45)47/h1-33H;1-31H. The Labute approximate surface area is 622 Å². The first-order chi connectivity index (χ1) is 53.3. The molecule has 4 aromatic heterocycles. The molecule has 506 valence electrons. The van der Waals surface area contributed by atoms with Crippen molar-refractivity contribution in [3.05, 3.63) is 388 Å². The number of benzene rings is 18. The summed E-state index contributed by atoms with van der Waals surface area (Å²) in [6, 6.07) is 135. The van der Waals surface area contributed by atoms with Gasteiger partial charge in [-0.1, -0.05) is 315 Å². The molecule has 22 aromatic rings. The zero-order valence-electron chi connectivity index (χ0n) is 58.5. The molecule has 0 aliphatic carbocycles. The molecule has 0 saturated carbocycles. The average molecular weight is 1420 g/mol. The van der Waals surface area contributed by atoms with Crippen LogP contribution >= 0.6 is 14.3 Å². The predicted octanol–water partition coefficient (Wildman–Crippen LogP) is 23.6. The normalized spacial score (nSPS) is 12.1. The topological polar surface area (TPSA) is 68.7 Å². The molecule has 8 heteroatoms. The van der Waals surface area contributed by atoms with Gasteiger partial charge in [0.25, 0.3) is 0 Å². The van der Waals surface area contributed by atoms with Crippen molar-refractivity contribution in [2.24, 2.45) is 0 Å². The number of nitrogens with zero attached hydrogens (tertiary/aromatic N) is 4. The van der Waals surface area contributed by atoms with Crippen LogP contribution in [0.3, 0.4) is 0 Å². The number of imidazole rings is 2. The average Bonchev–Trinajstić information content (AvgIpc) is 1.14. The first kappa shape index (κ1) is 63.2. The van der Waals surface area contributed by atoms with Crippen LogP contribution in [0.5, 0.6) is 0 Å². The first-order valence-corrected chi connectivity index (χ1v) is 40.0. The Balaban J connectivity index is 0.000000139. The maximum absolute atomic E-state index is 15.6. The summed E-state index contributed by atoms with van der Waals surface area (Å²) in [5.41, 5.74) is 17.8. The number of hydrogen-bond acceptors (Lipinski definition) is 4. The van der Waals surface area contributed by atoms with Crippen LogP contribution in [-0.4, -0.2) is 18.8 Å². The molecule has 0 N–H and O–H groups in total. The van der Waals surface area contributed by atoms with Crippen LogP contribution in [0.2, 0.25) is 0 Å². The molecule has 0 unspecified atom stereocenters. The first-order valence-electron chi connectivity index (χ1n) is 36.6. The molecule has 0 bridgehead atoms. The number of pyridine rings is 2. The van der Waals surface area contributed by atoms with Crippen molar-refractivity contribution in [1.82, 2.24) is 18.8 Å². The molecule has 18 aromatic carbocycles. The van der Waals surface area contributed by atoms with Gasteiger partial charge in [0.15, 0.2) is 14.3 Å². The lowest BCUT2D eigenvalue weighted by Crippen LogP contribution is -2.25. The van der Waals surface area contributed by atoms with E-state index in [-0.39, 0.29) is 0 Å². The van der Waals surface area contributed by atoms with Gasteiger partial charge in [0, 0.05) is 53.4 Å². The highest BCUT2D eigenvalue weighted by Gasteiger charge is 2.33. The smallest absolute Gasteiger partial charge is 0.171 e. The molecule has 4 heterocycles. The van der Waals surface area contributed by atoms with E-state index in [4.69, 9.17) is 9.97 Å². The molecule has 0 aliphatic rings. The fraction of sp³-hybridized carbons (Fsp3) is 0. The van der Waals surface area contributed by atoms with E-state index in [1.54, 1.807) is 0 Å². The third kappa shape index (κ3) is 10.0. The van der Waals surface area contributed by atoms with E-state index in [9.17, 15) is 4.57 Å². The molecule has 22 rings (SSSR count). The second-order valence-corrected chi connectivity index (χ2v) is 33.7. The number of hydrogen-bond donors (Lipinski definition) is 0. The van der Waals surface area contributed by atoms with Crippen molar-refractivity contribution in [2.45, 2.75) is 0 Å². The molecule has 0 spiro atoms. The molecule has 0 atom stereocenters. The quantitative estimate of drug-likeness (QED) is 0.101. The maximum Gasteiger partial charge on any atom is 0.171 e. The van der Waals surface area contributed by atoms with E-state index in [0.717, 1.165) is 136 Å². The molecule has 0 aliphatic heterocycles. The fourth-order valence-corrected chi connectivity index (χ4v) is 22.6. The van der Waals surface area contributed by atoms with Gasteiger partial charge in [-0.15, -0.1) is 0 Å². The summed E-state index contributed by atoms with van der Waals surface area (Å²) in [6.07, 6.45) is 0. The van der Waals surface area contributed by atoms with E-state index in [2.05, 4.69) is 264 Å². The summed E-state index contributed by atoms with van der Waals surface area (Å²) in [4.78, 5) is 10.1. The van der Waals surface area contributed by atoms with E-state index < -0.39 is 14.3 Å². The van der Waals surface area contributed by atoms with Crippen LogP contribution in [0, 0.1) is 0 Å². The van der Waals surface area contributed by atoms with E-state index in [1.165, 1.54) is 60.0 Å². The van der Waals surface area contributed by atoms with Crippen molar-refractivity contribution < 1.29 is 9.13 Å². The number of aromatic nitrogens is 4. The monoisotopic (exact) mass is 1410 g/mol. The zero-order valence-corrected chi connectivity index (χ0v) is 60.2. The van der Waals surface area contributed by atoms with Crippen LogP contribution in [0.25, 0.3) is 164 Å². The Morgan fingerprint density at radius 2 is 0.602 bits per heavy atom. The molecular weight excluding hydrogens is 1350 g/mol. The van der Waals surface area contributed by atoms with Gasteiger partial charge in [-0.3, -0.25) is 8.80 Å². The van der Waals surface area contributed by atoms with Gasteiger partial charge >= 0.3 is 0 Å². The molecule has 108 heavy (non-hydrogen) atoms. The van der Waals surface area contributed by atoms with Crippen molar-refractivity contribution in [2.75, 3.05) is 0 Å². The Hall–Kier alpha value is -13.3. The largest absolute Gasteiger partial charge is 0.309 e. The summed E-state index contributed by atoms with van der Waals surface area (Å²) in [7, 11) is -6.25. The molecule has 0 radical (unpaired) electrons. The fourth-order valence-electron chi connectivity index (χ4n) is 17.0. The van der Waals surface area contributed by atoms with Crippen LogP contribution in [0.4, 0.5) is 0 Å². The summed E-state index contributed by atoms with van der Waals surface area (Å²) >= 11 is 0. The van der Waals surface area contributed by atoms with Crippen molar-refractivity contribution in [1.29, 1.82) is 0 Å². The molecule has 0 amide bonds. The number of para-hydroxylation sites is 4. The lowest BCUT2D eigenvalue weighted by molar-refractivity contribution is 0.591. The second-order valence-electron chi connectivity index (χ2n) is 28.2. The highest BCUT2D eigenvalue weighted by atomic mass is 31.2. The van der Waals surface area contributed by atoms with Crippen LogP contribution in [0.15, 0.2) is 388 Å². The second kappa shape index (κ2) is 25.2. The van der Waals surface area contributed by atoms with Crippen molar-refractivity contribution in [3.63, 3.8) is 0 Å². The summed E-state index contributed by atoms with van der Waals surface area (Å²) < 4.78 is 35.2.